The van der Waals surface area contributed by atoms with Crippen molar-refractivity contribution in [2.24, 2.45) is 11.7 Å². The van der Waals surface area contributed by atoms with E-state index in [2.05, 4.69) is 5.32 Å². The van der Waals surface area contributed by atoms with Gasteiger partial charge in [-0.2, -0.15) is 0 Å². The molecule has 2 atom stereocenters. The normalized spacial score (nSPS) is 20.9. The van der Waals surface area contributed by atoms with Crippen LogP contribution in [0.15, 0.2) is 23.1 Å². The lowest BCUT2D eigenvalue weighted by Gasteiger charge is -2.26. The van der Waals surface area contributed by atoms with Crippen LogP contribution in [0, 0.1) is 11.7 Å². The molecule has 130 valence electrons. The van der Waals surface area contributed by atoms with Crippen LogP contribution in [0.4, 0.5) is 18.9 Å². The quantitative estimate of drug-likeness (QED) is 0.770. The Hall–Kier alpha value is -0.920. The monoisotopic (exact) mass is 368 g/mol. The Morgan fingerprint density at radius 1 is 1.39 bits per heavy atom. The summed E-state index contributed by atoms with van der Waals surface area (Å²) in [4.78, 5) is 12.7. The predicted molar refractivity (Wildman–Crippen MR) is 88.9 cm³/mol. The summed E-state index contributed by atoms with van der Waals surface area (Å²) >= 11 is 0.897. The predicted octanol–water partition coefficient (Wildman–Crippen LogP) is 4.06. The van der Waals surface area contributed by atoms with Gasteiger partial charge < -0.3 is 11.1 Å². The number of carbonyl (C=O) groups is 1. The molecule has 0 radical (unpaired) electrons. The molecule has 1 aliphatic rings. The lowest BCUT2D eigenvalue weighted by Crippen LogP contribution is -2.34. The van der Waals surface area contributed by atoms with Gasteiger partial charge in [0.1, 0.15) is 5.82 Å². The van der Waals surface area contributed by atoms with Crippen LogP contribution < -0.4 is 11.1 Å². The van der Waals surface area contributed by atoms with Gasteiger partial charge in [-0.05, 0) is 37.5 Å². The van der Waals surface area contributed by atoms with E-state index >= 15 is 0 Å². The van der Waals surface area contributed by atoms with Crippen LogP contribution in [0.5, 0.6) is 0 Å². The van der Waals surface area contributed by atoms with Gasteiger partial charge in [0, 0.05) is 16.9 Å². The number of anilines is 1. The van der Waals surface area contributed by atoms with Gasteiger partial charge >= 0.3 is 0 Å². The van der Waals surface area contributed by atoms with Crippen LogP contribution in [0.25, 0.3) is 0 Å². The fraction of sp³-hybridized carbons (Fsp3) is 0.533. The van der Waals surface area contributed by atoms with Crippen LogP contribution in [0.2, 0.25) is 0 Å². The zero-order valence-electron chi connectivity index (χ0n) is 12.4. The fourth-order valence-corrected chi connectivity index (χ4v) is 3.31. The van der Waals surface area contributed by atoms with Gasteiger partial charge in [-0.3, -0.25) is 4.79 Å². The number of halogens is 4. The maximum atomic E-state index is 13.4. The maximum absolute atomic E-state index is 13.4. The summed E-state index contributed by atoms with van der Waals surface area (Å²) in [6.07, 6.45) is 0.666. The minimum absolute atomic E-state index is 0. The van der Waals surface area contributed by atoms with Crippen LogP contribution >= 0.6 is 24.2 Å². The Labute approximate surface area is 144 Å². The first-order valence-electron chi connectivity index (χ1n) is 7.22. The average Bonchev–Trinajstić information content (AvgIpc) is 2.46. The number of nitrogens with two attached hydrogens (primary N) is 1. The van der Waals surface area contributed by atoms with Crippen molar-refractivity contribution in [2.75, 3.05) is 11.1 Å². The van der Waals surface area contributed by atoms with E-state index in [4.69, 9.17) is 5.73 Å². The third kappa shape index (κ3) is 6.24. The summed E-state index contributed by atoms with van der Waals surface area (Å²) in [7, 11) is 0. The highest BCUT2D eigenvalue weighted by atomic mass is 35.5. The zero-order valence-corrected chi connectivity index (χ0v) is 14.1. The number of alkyl halides is 2. The highest BCUT2D eigenvalue weighted by Crippen LogP contribution is 2.31. The molecular formula is C15H20ClF3N2OS. The summed E-state index contributed by atoms with van der Waals surface area (Å²) < 4.78 is 38.0. The summed E-state index contributed by atoms with van der Waals surface area (Å²) in [6.45, 7) is 0. The second kappa shape index (κ2) is 9.39. The third-order valence-corrected chi connectivity index (χ3v) is 4.74. The number of thioether (sulfide) groups is 1. The van der Waals surface area contributed by atoms with Crippen molar-refractivity contribution in [1.29, 1.82) is 0 Å². The van der Waals surface area contributed by atoms with Crippen molar-refractivity contribution < 1.29 is 18.0 Å². The zero-order chi connectivity index (χ0) is 16.1. The Bertz CT molecular complexity index is 533. The molecule has 1 saturated carbocycles. The smallest absolute Gasteiger partial charge is 0.247 e. The molecule has 0 spiro atoms. The number of hydrogen-bond donors (Lipinski definition) is 2. The molecule has 0 heterocycles. The number of nitrogens with one attached hydrogen (secondary N) is 1. The summed E-state index contributed by atoms with van der Waals surface area (Å²) in [5.74, 6) is -1.35. The largest absolute Gasteiger partial charge is 0.328 e. The van der Waals surface area contributed by atoms with Crippen molar-refractivity contribution in [3.63, 3.8) is 0 Å². The molecule has 23 heavy (non-hydrogen) atoms. The molecule has 2 rings (SSSR count). The molecule has 0 saturated heterocycles. The minimum Gasteiger partial charge on any atom is -0.328 e. The molecule has 2 unspecified atom stereocenters. The third-order valence-electron chi connectivity index (χ3n) is 3.65. The van der Waals surface area contributed by atoms with E-state index in [1.165, 1.54) is 12.1 Å². The van der Waals surface area contributed by atoms with Gasteiger partial charge in [-0.25, -0.2) is 13.2 Å². The molecule has 8 heteroatoms. The van der Waals surface area contributed by atoms with Gasteiger partial charge in [0.2, 0.25) is 12.3 Å². The van der Waals surface area contributed by atoms with Crippen molar-refractivity contribution in [3.05, 3.63) is 24.0 Å². The van der Waals surface area contributed by atoms with Gasteiger partial charge in [0.05, 0.1) is 11.4 Å². The van der Waals surface area contributed by atoms with E-state index in [0.717, 1.165) is 37.1 Å². The first-order chi connectivity index (χ1) is 10.5. The van der Waals surface area contributed by atoms with E-state index in [-0.39, 0.29) is 36.0 Å². The maximum Gasteiger partial charge on any atom is 0.247 e. The van der Waals surface area contributed by atoms with E-state index < -0.39 is 18.0 Å². The second-order valence-corrected chi connectivity index (χ2v) is 6.52. The van der Waals surface area contributed by atoms with Gasteiger partial charge in [0.15, 0.2) is 0 Å². The number of benzene rings is 1. The summed E-state index contributed by atoms with van der Waals surface area (Å²) in [5, 5.41) is 2.67. The second-order valence-electron chi connectivity index (χ2n) is 5.46. The molecule has 3 nitrogen and oxygen atoms in total. The summed E-state index contributed by atoms with van der Waals surface area (Å²) in [6, 6.07) is 3.77. The van der Waals surface area contributed by atoms with Gasteiger partial charge in [0.25, 0.3) is 0 Å². The number of hydrogen-bond acceptors (Lipinski definition) is 3. The van der Waals surface area contributed by atoms with E-state index in [1.54, 1.807) is 0 Å². The van der Waals surface area contributed by atoms with Crippen LogP contribution in [-0.2, 0) is 4.79 Å². The Balaban J connectivity index is 0.00000264. The Kier molecular flexibility index (Phi) is 8.22. The van der Waals surface area contributed by atoms with Crippen molar-refractivity contribution in [2.45, 2.75) is 43.0 Å². The van der Waals surface area contributed by atoms with Crippen LogP contribution in [-0.4, -0.2) is 24.1 Å². The van der Waals surface area contributed by atoms with E-state index in [1.807, 2.05) is 0 Å². The average molecular weight is 369 g/mol. The lowest BCUT2D eigenvalue weighted by molar-refractivity contribution is -0.120. The highest BCUT2D eigenvalue weighted by molar-refractivity contribution is 7.99. The van der Waals surface area contributed by atoms with Gasteiger partial charge in [-0.1, -0.05) is 6.42 Å². The molecule has 1 aliphatic carbocycles. The Morgan fingerprint density at radius 2 is 2.13 bits per heavy atom. The standard InChI is InChI=1S/C15H19F3N2OS.ClH/c16-10-4-5-13(22-8-14(17)18)12(7-10)20-15(21)9-2-1-3-11(19)6-9;/h4-5,7,9,11,14H,1-3,6,8,19H2,(H,20,21);1H. The molecule has 0 aliphatic heterocycles. The number of rotatable bonds is 5. The van der Waals surface area contributed by atoms with E-state index in [0.29, 0.717) is 11.3 Å². The van der Waals surface area contributed by atoms with Crippen LogP contribution in [0.1, 0.15) is 25.7 Å². The molecule has 3 N–H and O–H groups in total. The molecular weight excluding hydrogens is 349 g/mol. The van der Waals surface area contributed by atoms with Crippen molar-refractivity contribution >= 4 is 35.8 Å². The summed E-state index contributed by atoms with van der Waals surface area (Å²) in [5.41, 5.74) is 6.11. The minimum atomic E-state index is -2.46. The molecule has 0 bridgehead atoms. The molecule has 1 aromatic rings. The van der Waals surface area contributed by atoms with Crippen LogP contribution in [0.3, 0.4) is 0 Å². The van der Waals surface area contributed by atoms with Gasteiger partial charge in [-0.15, -0.1) is 24.2 Å². The van der Waals surface area contributed by atoms with Crippen molar-refractivity contribution in [3.8, 4) is 0 Å². The molecule has 1 fully saturated rings. The topological polar surface area (TPSA) is 55.1 Å². The SMILES string of the molecule is Cl.NC1CCCC(C(=O)Nc2cc(F)ccc2SCC(F)F)C1. The van der Waals surface area contributed by atoms with Crippen molar-refractivity contribution in [1.82, 2.24) is 0 Å². The highest BCUT2D eigenvalue weighted by Gasteiger charge is 2.26. The molecule has 1 aromatic carbocycles. The van der Waals surface area contributed by atoms with E-state index in [9.17, 15) is 18.0 Å². The first-order valence-corrected chi connectivity index (χ1v) is 8.21. The molecule has 1 amide bonds. The fourth-order valence-electron chi connectivity index (χ4n) is 2.58. The molecule has 0 aromatic heterocycles. The lowest BCUT2D eigenvalue weighted by atomic mass is 9.85. The first kappa shape index (κ1) is 20.1. The Morgan fingerprint density at radius 3 is 2.78 bits per heavy atom. The number of amides is 1. The number of carbonyl (C=O) groups excluding carboxylic acids is 1.